The molecule has 202 valence electrons. The van der Waals surface area contributed by atoms with Crippen molar-refractivity contribution in [2.24, 2.45) is 5.92 Å². The van der Waals surface area contributed by atoms with Gasteiger partial charge >= 0.3 is 0 Å². The lowest BCUT2D eigenvalue weighted by molar-refractivity contribution is -0.139. The van der Waals surface area contributed by atoms with Gasteiger partial charge in [0.2, 0.25) is 18.2 Å². The van der Waals surface area contributed by atoms with Gasteiger partial charge in [-0.15, -0.1) is 0 Å². The molecule has 0 radical (unpaired) electrons. The number of aryl methyl sites for hydroxylation is 1. The van der Waals surface area contributed by atoms with E-state index in [4.69, 9.17) is 18.4 Å². The number of rotatable bonds is 14. The molecule has 1 fully saturated rings. The molecule has 0 saturated carbocycles. The van der Waals surface area contributed by atoms with Gasteiger partial charge in [-0.05, 0) is 37.0 Å². The van der Waals surface area contributed by atoms with Crippen LogP contribution in [-0.2, 0) is 28.0 Å². The molecule has 1 N–H and O–H groups in total. The molecule has 12 heteroatoms. The molecule has 1 unspecified atom stereocenters. The predicted molar refractivity (Wildman–Crippen MR) is 145 cm³/mol. The molecule has 1 aromatic rings. The van der Waals surface area contributed by atoms with Crippen LogP contribution in [0.3, 0.4) is 0 Å². The lowest BCUT2D eigenvalue weighted by Gasteiger charge is -2.28. The molecule has 1 aliphatic heterocycles. The van der Waals surface area contributed by atoms with Crippen LogP contribution in [0.15, 0.2) is 18.2 Å². The van der Waals surface area contributed by atoms with Crippen LogP contribution in [-0.4, -0.2) is 74.7 Å². The van der Waals surface area contributed by atoms with E-state index in [-0.39, 0.29) is 25.0 Å². The minimum Gasteiger partial charge on any atom is -0.491 e. The molecule has 0 spiro atoms. The van der Waals surface area contributed by atoms with E-state index < -0.39 is 23.8 Å². The van der Waals surface area contributed by atoms with Crippen molar-refractivity contribution in [2.45, 2.75) is 46.6 Å². The van der Waals surface area contributed by atoms with Gasteiger partial charge in [0, 0.05) is 33.2 Å². The standard InChI is InChI=1S/C20H25IN2O8S.C4H10/c1-14-2-3-15(30-10-8-28-6-7-29-9-11-31-32-21)12-16(14)20(27)23(13-24)17-4-5-18(25)22-19(17)26;1-4(2)3/h2-3,12-13,17H,4-11H2,1H3,(H,22,25,26);4H,1-3H3. The summed E-state index contributed by atoms with van der Waals surface area (Å²) in [5, 5.41) is 2.15. The van der Waals surface area contributed by atoms with Crippen molar-refractivity contribution in [3.05, 3.63) is 29.3 Å². The van der Waals surface area contributed by atoms with Crippen LogP contribution >= 0.6 is 30.4 Å². The molecule has 4 amide bonds. The molecular weight excluding hydrogens is 603 g/mol. The number of amides is 4. The van der Waals surface area contributed by atoms with Gasteiger partial charge in [0.05, 0.1) is 42.2 Å². The summed E-state index contributed by atoms with van der Waals surface area (Å²) in [4.78, 5) is 48.8. The summed E-state index contributed by atoms with van der Waals surface area (Å²) in [5.41, 5.74) is 0.861. The van der Waals surface area contributed by atoms with E-state index in [0.717, 1.165) is 10.8 Å². The van der Waals surface area contributed by atoms with Crippen LogP contribution < -0.4 is 10.1 Å². The molecule has 1 heterocycles. The van der Waals surface area contributed by atoms with Crippen LogP contribution in [0, 0.1) is 12.8 Å². The van der Waals surface area contributed by atoms with Gasteiger partial charge in [-0.3, -0.25) is 29.4 Å². The first-order chi connectivity index (χ1) is 17.2. The number of nitrogens with zero attached hydrogens (tertiary/aromatic N) is 1. The molecule has 10 nitrogen and oxygen atoms in total. The number of ether oxygens (including phenoxy) is 3. The number of halogens is 1. The van der Waals surface area contributed by atoms with E-state index in [0.29, 0.717) is 50.8 Å². The zero-order valence-electron chi connectivity index (χ0n) is 21.1. The monoisotopic (exact) mass is 638 g/mol. The Hall–Kier alpha value is -1.74. The number of nitrogens with one attached hydrogen (secondary N) is 1. The summed E-state index contributed by atoms with van der Waals surface area (Å²) in [6, 6.07) is 3.90. The fourth-order valence-corrected chi connectivity index (χ4v) is 3.61. The Bertz CT molecular complexity index is 853. The van der Waals surface area contributed by atoms with E-state index >= 15 is 0 Å². The third kappa shape index (κ3) is 12.5. The van der Waals surface area contributed by atoms with Crippen LogP contribution in [0.4, 0.5) is 0 Å². The Morgan fingerprint density at radius 3 is 2.33 bits per heavy atom. The van der Waals surface area contributed by atoms with Gasteiger partial charge in [-0.2, -0.15) is 0 Å². The van der Waals surface area contributed by atoms with Crippen LogP contribution in [0.2, 0.25) is 0 Å². The highest BCUT2D eigenvalue weighted by atomic mass is 127. The summed E-state index contributed by atoms with van der Waals surface area (Å²) < 4.78 is 21.5. The van der Waals surface area contributed by atoms with Gasteiger partial charge in [0.1, 0.15) is 18.4 Å². The van der Waals surface area contributed by atoms with E-state index in [2.05, 4.69) is 26.1 Å². The first-order valence-corrected chi connectivity index (χ1v) is 14.9. The molecule has 0 aliphatic carbocycles. The van der Waals surface area contributed by atoms with E-state index in [1.807, 2.05) is 21.2 Å². The average molecular weight is 639 g/mol. The Balaban J connectivity index is 0.00000150. The number of imide groups is 2. The lowest BCUT2D eigenvalue weighted by Crippen LogP contribution is -2.53. The summed E-state index contributed by atoms with van der Waals surface area (Å²) in [7, 11) is 1.26. The molecule has 1 saturated heterocycles. The molecule has 1 aromatic carbocycles. The van der Waals surface area contributed by atoms with Crippen LogP contribution in [0.25, 0.3) is 0 Å². The van der Waals surface area contributed by atoms with Crippen molar-refractivity contribution in [1.82, 2.24) is 10.2 Å². The fourth-order valence-electron chi connectivity index (χ4n) is 2.94. The van der Waals surface area contributed by atoms with Crippen molar-refractivity contribution in [1.29, 1.82) is 0 Å². The highest BCUT2D eigenvalue weighted by molar-refractivity contribution is 14.2. The summed E-state index contributed by atoms with van der Waals surface area (Å²) >= 11 is 2.04. The summed E-state index contributed by atoms with van der Waals surface area (Å²) in [6.07, 6.45) is 0.472. The van der Waals surface area contributed by atoms with Crippen molar-refractivity contribution >= 4 is 54.6 Å². The second-order valence-corrected chi connectivity index (χ2v) is 9.89. The normalized spacial score (nSPS) is 15.1. The van der Waals surface area contributed by atoms with Gasteiger partial charge in [-0.1, -0.05) is 26.8 Å². The second-order valence-electron chi connectivity index (χ2n) is 8.45. The predicted octanol–water partition coefficient (Wildman–Crippen LogP) is 3.49. The average Bonchev–Trinajstić information content (AvgIpc) is 2.82. The van der Waals surface area contributed by atoms with Gasteiger partial charge in [0.15, 0.2) is 0 Å². The SMILES string of the molecule is CC(C)C.Cc1ccc(OCCOCCOCCOSI)cc1C(=O)N(C=O)C1CCC(=O)NC1=O. The molecular formula is C24H35IN2O8S. The fraction of sp³-hybridized carbons (Fsp3) is 0.583. The van der Waals surface area contributed by atoms with Crippen molar-refractivity contribution in [3.8, 4) is 5.75 Å². The summed E-state index contributed by atoms with van der Waals surface area (Å²) in [5.74, 6) is -0.448. The molecule has 0 aromatic heterocycles. The van der Waals surface area contributed by atoms with Crippen molar-refractivity contribution < 1.29 is 37.6 Å². The smallest absolute Gasteiger partial charge is 0.261 e. The first kappa shape index (κ1) is 32.3. The number of hydrogen-bond donors (Lipinski definition) is 1. The zero-order valence-corrected chi connectivity index (χ0v) is 24.1. The molecule has 1 atom stereocenters. The van der Waals surface area contributed by atoms with Crippen molar-refractivity contribution in [3.63, 3.8) is 0 Å². The number of benzene rings is 1. The highest BCUT2D eigenvalue weighted by Gasteiger charge is 2.35. The Morgan fingerprint density at radius 2 is 1.75 bits per heavy atom. The maximum atomic E-state index is 12.9. The molecule has 36 heavy (non-hydrogen) atoms. The van der Waals surface area contributed by atoms with E-state index in [1.54, 1.807) is 19.1 Å². The zero-order chi connectivity index (χ0) is 26.9. The number of carbonyl (C=O) groups is 4. The Morgan fingerprint density at radius 1 is 1.14 bits per heavy atom. The minimum atomic E-state index is -1.02. The third-order valence-corrected chi connectivity index (χ3v) is 5.58. The Kier molecular flexibility index (Phi) is 16.6. The largest absolute Gasteiger partial charge is 0.491 e. The second kappa shape index (κ2) is 18.5. The topological polar surface area (TPSA) is 120 Å². The molecule has 1 aliphatic rings. The highest BCUT2D eigenvalue weighted by Crippen LogP contribution is 2.21. The van der Waals surface area contributed by atoms with Gasteiger partial charge < -0.3 is 18.4 Å². The number of hydrogen-bond acceptors (Lipinski definition) is 9. The Labute approximate surface area is 228 Å². The van der Waals surface area contributed by atoms with Crippen LogP contribution in [0.5, 0.6) is 5.75 Å². The van der Waals surface area contributed by atoms with E-state index in [9.17, 15) is 19.2 Å². The molecule has 2 rings (SSSR count). The van der Waals surface area contributed by atoms with Crippen LogP contribution in [0.1, 0.15) is 49.5 Å². The summed E-state index contributed by atoms with van der Waals surface area (Å²) in [6.45, 7) is 10.7. The van der Waals surface area contributed by atoms with Gasteiger partial charge in [0.25, 0.3) is 5.91 Å². The maximum Gasteiger partial charge on any atom is 0.261 e. The van der Waals surface area contributed by atoms with Gasteiger partial charge in [-0.25, -0.2) is 0 Å². The maximum absolute atomic E-state index is 12.9. The number of piperidine rings is 1. The quantitative estimate of drug-likeness (QED) is 0.107. The van der Waals surface area contributed by atoms with E-state index in [1.165, 1.54) is 15.3 Å². The number of carbonyl (C=O) groups excluding carboxylic acids is 4. The first-order valence-electron chi connectivity index (χ1n) is 11.6. The van der Waals surface area contributed by atoms with Crippen molar-refractivity contribution in [2.75, 3.05) is 39.6 Å². The lowest BCUT2D eigenvalue weighted by atomic mass is 10.0. The third-order valence-electron chi connectivity index (χ3n) is 4.56. The molecule has 0 bridgehead atoms. The minimum absolute atomic E-state index is 0.0620.